The topological polar surface area (TPSA) is 57.4 Å². The lowest BCUT2D eigenvalue weighted by Gasteiger charge is -2.08. The van der Waals surface area contributed by atoms with Crippen molar-refractivity contribution in [2.75, 3.05) is 18.9 Å². The van der Waals surface area contributed by atoms with Gasteiger partial charge in [0.1, 0.15) is 0 Å². The van der Waals surface area contributed by atoms with Gasteiger partial charge in [0, 0.05) is 18.0 Å². The first kappa shape index (κ1) is 7.52. The number of nitrogens with zero attached hydrogens (tertiary/aromatic N) is 1. The summed E-state index contributed by atoms with van der Waals surface area (Å²) in [6.07, 6.45) is 3.02. The third kappa shape index (κ3) is 1.39. The highest BCUT2D eigenvalue weighted by Crippen LogP contribution is 2.23. The van der Waals surface area contributed by atoms with Crippen molar-refractivity contribution < 1.29 is 9.47 Å². The number of nitrogen functional groups attached to an aromatic ring is 1. The van der Waals surface area contributed by atoms with Crippen LogP contribution in [0.25, 0.3) is 0 Å². The van der Waals surface area contributed by atoms with Gasteiger partial charge in [0.05, 0.1) is 18.9 Å². The molecule has 2 N–H and O–H groups in total. The van der Waals surface area contributed by atoms with E-state index in [4.69, 9.17) is 15.2 Å². The van der Waals surface area contributed by atoms with Gasteiger partial charge in [0.25, 0.3) is 0 Å². The largest absolute Gasteiger partial charge is 0.397 e. The standard InChI is InChI=1S/C8H10N2O2/c9-7-3-6(4-10-5-7)8-11-1-2-12-8/h3-5,8H,1-2,9H2. The van der Waals surface area contributed by atoms with Gasteiger partial charge in [-0.15, -0.1) is 0 Å². The van der Waals surface area contributed by atoms with Gasteiger partial charge in [-0.05, 0) is 6.07 Å². The third-order valence-electron chi connectivity index (χ3n) is 1.67. The van der Waals surface area contributed by atoms with Crippen molar-refractivity contribution in [2.24, 2.45) is 0 Å². The highest BCUT2D eigenvalue weighted by Gasteiger charge is 2.18. The van der Waals surface area contributed by atoms with E-state index in [0.717, 1.165) is 5.56 Å². The zero-order valence-electron chi connectivity index (χ0n) is 6.56. The monoisotopic (exact) mass is 166 g/mol. The van der Waals surface area contributed by atoms with E-state index in [2.05, 4.69) is 4.98 Å². The predicted octanol–water partition coefficient (Wildman–Crippen LogP) is 0.709. The van der Waals surface area contributed by atoms with Crippen LogP contribution in [-0.2, 0) is 9.47 Å². The summed E-state index contributed by atoms with van der Waals surface area (Å²) in [5.41, 5.74) is 7.07. The fourth-order valence-electron chi connectivity index (χ4n) is 1.16. The van der Waals surface area contributed by atoms with Gasteiger partial charge in [-0.2, -0.15) is 0 Å². The first-order valence-electron chi connectivity index (χ1n) is 3.80. The third-order valence-corrected chi connectivity index (χ3v) is 1.67. The molecular formula is C8H10N2O2. The minimum atomic E-state index is -0.277. The van der Waals surface area contributed by atoms with E-state index in [1.54, 1.807) is 12.4 Å². The molecule has 0 unspecified atom stereocenters. The highest BCUT2D eigenvalue weighted by molar-refractivity contribution is 5.37. The van der Waals surface area contributed by atoms with Crippen LogP contribution >= 0.6 is 0 Å². The molecular weight excluding hydrogens is 156 g/mol. The molecule has 1 aliphatic rings. The number of aromatic nitrogens is 1. The van der Waals surface area contributed by atoms with Gasteiger partial charge in [-0.1, -0.05) is 0 Å². The summed E-state index contributed by atoms with van der Waals surface area (Å²) in [6, 6.07) is 1.81. The maximum absolute atomic E-state index is 5.55. The number of hydrogen-bond donors (Lipinski definition) is 1. The lowest BCUT2D eigenvalue weighted by atomic mass is 10.2. The van der Waals surface area contributed by atoms with Gasteiger partial charge in [0.15, 0.2) is 6.29 Å². The summed E-state index contributed by atoms with van der Waals surface area (Å²) in [5, 5.41) is 0. The summed E-state index contributed by atoms with van der Waals surface area (Å²) in [6.45, 7) is 1.28. The van der Waals surface area contributed by atoms with E-state index in [-0.39, 0.29) is 6.29 Å². The molecule has 4 heteroatoms. The molecule has 0 radical (unpaired) electrons. The van der Waals surface area contributed by atoms with Crippen LogP contribution in [0, 0.1) is 0 Å². The Morgan fingerprint density at radius 2 is 2.08 bits per heavy atom. The first-order chi connectivity index (χ1) is 5.86. The van der Waals surface area contributed by atoms with Crippen molar-refractivity contribution in [3.05, 3.63) is 24.0 Å². The minimum absolute atomic E-state index is 0.277. The summed E-state index contributed by atoms with van der Waals surface area (Å²) in [7, 11) is 0. The molecule has 1 aliphatic heterocycles. The van der Waals surface area contributed by atoms with Crippen molar-refractivity contribution >= 4 is 5.69 Å². The van der Waals surface area contributed by atoms with Crippen LogP contribution in [0.3, 0.4) is 0 Å². The van der Waals surface area contributed by atoms with Gasteiger partial charge in [0.2, 0.25) is 0 Å². The van der Waals surface area contributed by atoms with Crippen LogP contribution < -0.4 is 5.73 Å². The number of anilines is 1. The second-order valence-corrected chi connectivity index (χ2v) is 2.63. The second-order valence-electron chi connectivity index (χ2n) is 2.63. The Morgan fingerprint density at radius 3 is 2.75 bits per heavy atom. The quantitative estimate of drug-likeness (QED) is 0.667. The molecule has 0 atom stereocenters. The van der Waals surface area contributed by atoms with E-state index in [0.29, 0.717) is 18.9 Å². The lowest BCUT2D eigenvalue weighted by molar-refractivity contribution is -0.0443. The van der Waals surface area contributed by atoms with Crippen molar-refractivity contribution in [2.45, 2.75) is 6.29 Å². The predicted molar refractivity (Wildman–Crippen MR) is 43.3 cm³/mol. The average molecular weight is 166 g/mol. The zero-order valence-corrected chi connectivity index (χ0v) is 6.56. The molecule has 1 fully saturated rings. The van der Waals surface area contributed by atoms with Crippen molar-refractivity contribution in [3.63, 3.8) is 0 Å². The van der Waals surface area contributed by atoms with Crippen LogP contribution in [0.4, 0.5) is 5.69 Å². The first-order valence-corrected chi connectivity index (χ1v) is 3.80. The van der Waals surface area contributed by atoms with E-state index < -0.39 is 0 Å². The molecule has 4 nitrogen and oxygen atoms in total. The van der Waals surface area contributed by atoms with Crippen LogP contribution in [0.2, 0.25) is 0 Å². The van der Waals surface area contributed by atoms with Crippen LogP contribution in [0.15, 0.2) is 18.5 Å². The van der Waals surface area contributed by atoms with Crippen molar-refractivity contribution in [1.29, 1.82) is 0 Å². The summed E-state index contributed by atoms with van der Waals surface area (Å²) in [5.74, 6) is 0. The van der Waals surface area contributed by atoms with Gasteiger partial charge in [-0.25, -0.2) is 0 Å². The molecule has 0 bridgehead atoms. The second kappa shape index (κ2) is 3.08. The molecule has 1 saturated heterocycles. The summed E-state index contributed by atoms with van der Waals surface area (Å²) < 4.78 is 10.6. The van der Waals surface area contributed by atoms with E-state index in [9.17, 15) is 0 Å². The number of nitrogens with two attached hydrogens (primary N) is 1. The van der Waals surface area contributed by atoms with Crippen LogP contribution in [0.5, 0.6) is 0 Å². The molecule has 0 aromatic carbocycles. The van der Waals surface area contributed by atoms with Crippen molar-refractivity contribution in [1.82, 2.24) is 4.98 Å². The Labute approximate surface area is 70.3 Å². The molecule has 0 aliphatic carbocycles. The SMILES string of the molecule is Nc1cncc(C2OCCO2)c1. The Kier molecular flexibility index (Phi) is 1.93. The number of rotatable bonds is 1. The fourth-order valence-corrected chi connectivity index (χ4v) is 1.16. The van der Waals surface area contributed by atoms with Gasteiger partial charge >= 0.3 is 0 Å². The van der Waals surface area contributed by atoms with E-state index in [1.165, 1.54) is 0 Å². The van der Waals surface area contributed by atoms with Crippen LogP contribution in [-0.4, -0.2) is 18.2 Å². The number of hydrogen-bond acceptors (Lipinski definition) is 4. The molecule has 1 aromatic rings. The maximum Gasteiger partial charge on any atom is 0.185 e. The lowest BCUT2D eigenvalue weighted by Crippen LogP contribution is -1.99. The molecule has 0 saturated carbocycles. The highest BCUT2D eigenvalue weighted by atomic mass is 16.7. The Bertz CT molecular complexity index is 272. The normalized spacial score (nSPS) is 18.3. The summed E-state index contributed by atoms with van der Waals surface area (Å²) in [4.78, 5) is 3.94. The molecule has 2 heterocycles. The van der Waals surface area contributed by atoms with E-state index >= 15 is 0 Å². The molecule has 0 spiro atoms. The maximum atomic E-state index is 5.55. The fraction of sp³-hybridized carbons (Fsp3) is 0.375. The van der Waals surface area contributed by atoms with Gasteiger partial charge < -0.3 is 15.2 Å². The summed E-state index contributed by atoms with van der Waals surface area (Å²) >= 11 is 0. The number of pyridine rings is 1. The molecule has 2 rings (SSSR count). The van der Waals surface area contributed by atoms with Crippen LogP contribution in [0.1, 0.15) is 11.9 Å². The molecule has 0 amide bonds. The Hall–Kier alpha value is -1.13. The van der Waals surface area contributed by atoms with E-state index in [1.807, 2.05) is 6.07 Å². The average Bonchev–Trinajstić information content (AvgIpc) is 2.56. The van der Waals surface area contributed by atoms with Crippen molar-refractivity contribution in [3.8, 4) is 0 Å². The Morgan fingerprint density at radius 1 is 1.33 bits per heavy atom. The zero-order chi connectivity index (χ0) is 8.39. The smallest absolute Gasteiger partial charge is 0.185 e. The number of ether oxygens (including phenoxy) is 2. The Balaban J connectivity index is 2.21. The van der Waals surface area contributed by atoms with Gasteiger partial charge in [-0.3, -0.25) is 4.98 Å². The molecule has 12 heavy (non-hydrogen) atoms. The minimum Gasteiger partial charge on any atom is -0.397 e. The molecule has 64 valence electrons. The molecule has 1 aromatic heterocycles.